The summed E-state index contributed by atoms with van der Waals surface area (Å²) < 4.78 is 26.1. The number of rotatable bonds is 3. The van der Waals surface area contributed by atoms with Crippen LogP contribution in [0.3, 0.4) is 0 Å². The van der Waals surface area contributed by atoms with Crippen molar-refractivity contribution in [3.05, 3.63) is 35.4 Å². The monoisotopic (exact) mass is 268 g/mol. The molecule has 1 fully saturated rings. The van der Waals surface area contributed by atoms with Crippen molar-refractivity contribution >= 4 is 0 Å². The molecule has 0 aromatic heterocycles. The molecule has 0 saturated heterocycles. The maximum Gasteiger partial charge on any atom is 0.159 e. The molecule has 1 aromatic carbocycles. The lowest BCUT2D eigenvalue weighted by molar-refractivity contribution is 0.0665. The third-order valence-electron chi connectivity index (χ3n) is 4.49. The van der Waals surface area contributed by atoms with Crippen molar-refractivity contribution in [1.82, 2.24) is 0 Å². The Kier molecular flexibility index (Phi) is 4.56. The minimum absolute atomic E-state index is 0.167. The predicted molar refractivity (Wildman–Crippen MR) is 71.6 cm³/mol. The Morgan fingerprint density at radius 3 is 2.11 bits per heavy atom. The molecular weight excluding hydrogens is 246 g/mol. The smallest absolute Gasteiger partial charge is 0.159 e. The molecule has 1 unspecified atom stereocenters. The molecule has 19 heavy (non-hydrogen) atoms. The fourth-order valence-corrected chi connectivity index (χ4v) is 3.10. The van der Waals surface area contributed by atoms with Crippen LogP contribution in [0, 0.1) is 29.4 Å². The van der Waals surface area contributed by atoms with Gasteiger partial charge in [-0.15, -0.1) is 0 Å². The van der Waals surface area contributed by atoms with Crippen LogP contribution in [0.1, 0.15) is 51.2 Å². The van der Waals surface area contributed by atoms with Gasteiger partial charge in [0.15, 0.2) is 11.6 Å². The van der Waals surface area contributed by atoms with E-state index < -0.39 is 17.7 Å². The van der Waals surface area contributed by atoms with Gasteiger partial charge in [-0.1, -0.05) is 19.9 Å². The van der Waals surface area contributed by atoms with E-state index in [0.29, 0.717) is 11.5 Å². The van der Waals surface area contributed by atoms with Crippen LogP contribution in [0.2, 0.25) is 0 Å². The summed E-state index contributed by atoms with van der Waals surface area (Å²) in [6, 6.07) is 3.69. The predicted octanol–water partition coefficient (Wildman–Crippen LogP) is 4.46. The summed E-state index contributed by atoms with van der Waals surface area (Å²) in [7, 11) is 0. The van der Waals surface area contributed by atoms with E-state index in [9.17, 15) is 13.9 Å². The second kappa shape index (κ2) is 6.00. The Morgan fingerprint density at radius 2 is 1.58 bits per heavy atom. The largest absolute Gasteiger partial charge is 0.388 e. The molecule has 0 amide bonds. The van der Waals surface area contributed by atoms with Crippen molar-refractivity contribution in [1.29, 1.82) is 0 Å². The van der Waals surface area contributed by atoms with Crippen molar-refractivity contribution in [2.24, 2.45) is 17.8 Å². The fourth-order valence-electron chi connectivity index (χ4n) is 3.10. The van der Waals surface area contributed by atoms with Crippen LogP contribution >= 0.6 is 0 Å². The molecule has 0 bridgehead atoms. The Labute approximate surface area is 113 Å². The van der Waals surface area contributed by atoms with Gasteiger partial charge in [-0.3, -0.25) is 0 Å². The molecule has 1 aliphatic rings. The summed E-state index contributed by atoms with van der Waals surface area (Å²) in [5.41, 5.74) is 0.492. The molecule has 3 heteroatoms. The van der Waals surface area contributed by atoms with Crippen molar-refractivity contribution in [3.63, 3.8) is 0 Å². The Bertz CT molecular complexity index is 423. The van der Waals surface area contributed by atoms with Crippen molar-refractivity contribution < 1.29 is 13.9 Å². The normalized spacial score (nSPS) is 25.6. The van der Waals surface area contributed by atoms with Gasteiger partial charge in [-0.2, -0.15) is 0 Å². The minimum atomic E-state index is -0.882. The summed E-state index contributed by atoms with van der Waals surface area (Å²) in [6.07, 6.45) is 3.47. The highest BCUT2D eigenvalue weighted by Crippen LogP contribution is 2.39. The third kappa shape index (κ3) is 3.33. The van der Waals surface area contributed by atoms with Gasteiger partial charge in [-0.05, 0) is 61.1 Å². The van der Waals surface area contributed by atoms with E-state index >= 15 is 0 Å². The fraction of sp³-hybridized carbons (Fsp3) is 0.625. The van der Waals surface area contributed by atoms with Crippen molar-refractivity contribution in [2.45, 2.75) is 45.6 Å². The molecule has 1 nitrogen and oxygen atoms in total. The highest BCUT2D eigenvalue weighted by molar-refractivity contribution is 5.20. The summed E-state index contributed by atoms with van der Waals surface area (Å²) in [4.78, 5) is 0. The van der Waals surface area contributed by atoms with Gasteiger partial charge in [0.1, 0.15) is 0 Å². The number of aliphatic hydroxyl groups is 1. The average Bonchev–Trinajstić information content (AvgIpc) is 2.41. The van der Waals surface area contributed by atoms with Crippen LogP contribution in [0.4, 0.5) is 8.78 Å². The third-order valence-corrected chi connectivity index (χ3v) is 4.49. The summed E-state index contributed by atoms with van der Waals surface area (Å²) in [6.45, 7) is 4.47. The van der Waals surface area contributed by atoms with Gasteiger partial charge in [0, 0.05) is 0 Å². The number of benzene rings is 1. The van der Waals surface area contributed by atoms with Gasteiger partial charge >= 0.3 is 0 Å². The van der Waals surface area contributed by atoms with Crippen molar-refractivity contribution in [2.75, 3.05) is 0 Å². The van der Waals surface area contributed by atoms with E-state index in [1.54, 1.807) is 0 Å². The second-order valence-electron chi connectivity index (χ2n) is 6.04. The van der Waals surface area contributed by atoms with Crippen LogP contribution in [0.15, 0.2) is 18.2 Å². The van der Waals surface area contributed by atoms with Gasteiger partial charge < -0.3 is 5.11 Å². The van der Waals surface area contributed by atoms with Gasteiger partial charge in [-0.25, -0.2) is 8.78 Å². The summed E-state index contributed by atoms with van der Waals surface area (Å²) >= 11 is 0. The zero-order valence-corrected chi connectivity index (χ0v) is 11.6. The molecule has 1 aliphatic carbocycles. The van der Waals surface area contributed by atoms with Crippen LogP contribution in [-0.2, 0) is 0 Å². The molecule has 2 rings (SSSR count). The second-order valence-corrected chi connectivity index (χ2v) is 6.04. The number of hydrogen-bond donors (Lipinski definition) is 1. The standard InChI is InChI=1S/C16H22F2O/c1-10(2)11-3-5-12(6-4-11)16(19)13-7-8-14(17)15(18)9-13/h7-12,16,19H,3-6H2,1-2H3. The molecule has 1 aromatic rings. The van der Waals surface area contributed by atoms with E-state index in [0.717, 1.165) is 43.7 Å². The lowest BCUT2D eigenvalue weighted by Gasteiger charge is -2.33. The van der Waals surface area contributed by atoms with E-state index in [4.69, 9.17) is 0 Å². The lowest BCUT2D eigenvalue weighted by atomic mass is 9.74. The molecule has 1 atom stereocenters. The molecule has 0 aliphatic heterocycles. The summed E-state index contributed by atoms with van der Waals surface area (Å²) in [5, 5.41) is 10.3. The molecule has 0 spiro atoms. The zero-order chi connectivity index (χ0) is 14.0. The molecule has 1 saturated carbocycles. The van der Waals surface area contributed by atoms with Gasteiger partial charge in [0.05, 0.1) is 6.10 Å². The number of aliphatic hydroxyl groups excluding tert-OH is 1. The maximum atomic E-state index is 13.2. The van der Waals surface area contributed by atoms with Gasteiger partial charge in [0.2, 0.25) is 0 Å². The lowest BCUT2D eigenvalue weighted by Crippen LogP contribution is -2.23. The van der Waals surface area contributed by atoms with Crippen molar-refractivity contribution in [3.8, 4) is 0 Å². The number of hydrogen-bond acceptors (Lipinski definition) is 1. The van der Waals surface area contributed by atoms with Crippen LogP contribution < -0.4 is 0 Å². The topological polar surface area (TPSA) is 20.2 Å². The maximum absolute atomic E-state index is 13.2. The highest BCUT2D eigenvalue weighted by atomic mass is 19.2. The molecule has 1 N–H and O–H groups in total. The Morgan fingerprint density at radius 1 is 1.00 bits per heavy atom. The molecule has 0 radical (unpaired) electrons. The van der Waals surface area contributed by atoms with E-state index in [1.165, 1.54) is 6.07 Å². The van der Waals surface area contributed by atoms with Gasteiger partial charge in [0.25, 0.3) is 0 Å². The number of halogens is 2. The Balaban J connectivity index is 2.01. The van der Waals surface area contributed by atoms with E-state index in [1.807, 2.05) is 0 Å². The first-order valence-electron chi connectivity index (χ1n) is 7.12. The molecular formula is C16H22F2O. The van der Waals surface area contributed by atoms with Crippen LogP contribution in [0.5, 0.6) is 0 Å². The first-order valence-corrected chi connectivity index (χ1v) is 7.12. The molecule has 106 valence electrons. The van der Waals surface area contributed by atoms with Crippen LogP contribution in [0.25, 0.3) is 0 Å². The van der Waals surface area contributed by atoms with Crippen LogP contribution in [-0.4, -0.2) is 5.11 Å². The first-order chi connectivity index (χ1) is 8.99. The quantitative estimate of drug-likeness (QED) is 0.858. The summed E-state index contributed by atoms with van der Waals surface area (Å²) in [5.74, 6) is -0.165. The SMILES string of the molecule is CC(C)C1CCC(C(O)c2ccc(F)c(F)c2)CC1. The minimum Gasteiger partial charge on any atom is -0.388 e. The van der Waals surface area contributed by atoms with E-state index in [-0.39, 0.29) is 5.92 Å². The first kappa shape index (κ1) is 14.4. The van der Waals surface area contributed by atoms with E-state index in [2.05, 4.69) is 13.8 Å². The highest BCUT2D eigenvalue weighted by Gasteiger charge is 2.28. The average molecular weight is 268 g/mol. The zero-order valence-electron chi connectivity index (χ0n) is 11.6. The molecule has 0 heterocycles. The Hall–Kier alpha value is -0.960.